The third-order valence-corrected chi connectivity index (χ3v) is 5.05. The molecule has 1 atom stereocenters. The van der Waals surface area contributed by atoms with E-state index >= 15 is 0 Å². The first-order valence-corrected chi connectivity index (χ1v) is 9.11. The number of benzene rings is 1. The predicted octanol–water partition coefficient (Wildman–Crippen LogP) is 3.02. The second kappa shape index (κ2) is 8.58. The molecule has 0 bridgehead atoms. The van der Waals surface area contributed by atoms with Crippen molar-refractivity contribution in [3.05, 3.63) is 35.6 Å². The van der Waals surface area contributed by atoms with Crippen molar-refractivity contribution in [2.24, 2.45) is 5.92 Å². The van der Waals surface area contributed by atoms with Crippen molar-refractivity contribution >= 4 is 5.91 Å². The number of rotatable bonds is 6. The number of carbonyl (C=O) groups excluding carboxylic acids is 1. The van der Waals surface area contributed by atoms with Gasteiger partial charge < -0.3 is 4.90 Å². The average Bonchev–Trinajstić information content (AvgIpc) is 3.13. The van der Waals surface area contributed by atoms with Gasteiger partial charge in [0.15, 0.2) is 0 Å². The van der Waals surface area contributed by atoms with Crippen LogP contribution in [0.15, 0.2) is 24.3 Å². The van der Waals surface area contributed by atoms with Crippen molar-refractivity contribution in [1.82, 2.24) is 9.96 Å². The molecule has 5 heteroatoms. The molecule has 3 rings (SSSR count). The molecule has 1 amide bonds. The highest BCUT2D eigenvalue weighted by atomic mass is 19.1. The van der Waals surface area contributed by atoms with Gasteiger partial charge in [0, 0.05) is 32.6 Å². The van der Waals surface area contributed by atoms with Gasteiger partial charge in [-0.25, -0.2) is 4.39 Å². The SMILES string of the molecule is O=C(CCN1CCCO1)N1CCCC(CCc2ccccc2F)C1. The topological polar surface area (TPSA) is 32.8 Å². The number of carbonyl (C=O) groups is 1. The molecule has 2 heterocycles. The number of nitrogens with zero attached hydrogens (tertiary/aromatic N) is 2. The molecule has 0 radical (unpaired) electrons. The first-order chi connectivity index (χ1) is 11.7. The van der Waals surface area contributed by atoms with Gasteiger partial charge in [0.05, 0.1) is 6.61 Å². The van der Waals surface area contributed by atoms with Crippen molar-refractivity contribution < 1.29 is 14.0 Å². The van der Waals surface area contributed by atoms with Gasteiger partial charge in [0.25, 0.3) is 0 Å². The van der Waals surface area contributed by atoms with Gasteiger partial charge in [0.1, 0.15) is 5.82 Å². The molecule has 2 aliphatic rings. The largest absolute Gasteiger partial charge is 0.342 e. The van der Waals surface area contributed by atoms with Crippen LogP contribution < -0.4 is 0 Å². The highest BCUT2D eigenvalue weighted by Gasteiger charge is 2.24. The molecule has 2 aliphatic heterocycles. The molecule has 4 nitrogen and oxygen atoms in total. The lowest BCUT2D eigenvalue weighted by atomic mass is 9.91. The van der Waals surface area contributed by atoms with Gasteiger partial charge in [-0.2, -0.15) is 5.06 Å². The Labute approximate surface area is 143 Å². The molecule has 1 unspecified atom stereocenters. The highest BCUT2D eigenvalue weighted by Crippen LogP contribution is 2.23. The number of hydrogen-bond acceptors (Lipinski definition) is 3. The van der Waals surface area contributed by atoms with Crippen LogP contribution >= 0.6 is 0 Å². The molecule has 0 N–H and O–H groups in total. The van der Waals surface area contributed by atoms with Gasteiger partial charge in [-0.05, 0) is 49.7 Å². The lowest BCUT2D eigenvalue weighted by Crippen LogP contribution is -2.41. The van der Waals surface area contributed by atoms with Crippen LogP contribution in [-0.2, 0) is 16.1 Å². The van der Waals surface area contributed by atoms with Crippen LogP contribution in [0.4, 0.5) is 4.39 Å². The van der Waals surface area contributed by atoms with Crippen molar-refractivity contribution in [3.63, 3.8) is 0 Å². The zero-order valence-corrected chi connectivity index (χ0v) is 14.3. The standard InChI is InChI=1S/C19H27FN2O2/c20-18-7-2-1-6-17(18)9-8-16-5-3-11-21(15-16)19(23)10-13-22-12-4-14-24-22/h1-2,6-7,16H,3-5,8-15H2. The summed E-state index contributed by atoms with van der Waals surface area (Å²) in [7, 11) is 0. The van der Waals surface area contributed by atoms with Crippen LogP contribution in [-0.4, -0.2) is 48.7 Å². The lowest BCUT2D eigenvalue weighted by molar-refractivity contribution is -0.140. The van der Waals surface area contributed by atoms with Gasteiger partial charge in [-0.1, -0.05) is 18.2 Å². The molecule has 0 aliphatic carbocycles. The summed E-state index contributed by atoms with van der Waals surface area (Å²) in [5, 5.41) is 1.90. The summed E-state index contributed by atoms with van der Waals surface area (Å²) in [5.74, 6) is 0.582. The lowest BCUT2D eigenvalue weighted by Gasteiger charge is -2.33. The third kappa shape index (κ3) is 4.77. The number of halogens is 1. The van der Waals surface area contributed by atoms with Crippen LogP contribution in [0.2, 0.25) is 0 Å². The molecule has 132 valence electrons. The van der Waals surface area contributed by atoms with Gasteiger partial charge >= 0.3 is 0 Å². The fourth-order valence-corrected chi connectivity index (χ4v) is 3.64. The minimum Gasteiger partial charge on any atom is -0.342 e. The maximum Gasteiger partial charge on any atom is 0.223 e. The molecule has 0 spiro atoms. The van der Waals surface area contributed by atoms with Gasteiger partial charge in [-0.3, -0.25) is 9.63 Å². The Morgan fingerprint density at radius 1 is 1.25 bits per heavy atom. The fourth-order valence-electron chi connectivity index (χ4n) is 3.64. The number of likely N-dealkylation sites (tertiary alicyclic amines) is 1. The number of hydroxylamine groups is 2. The number of aryl methyl sites for hydroxylation is 1. The Balaban J connectivity index is 1.43. The zero-order valence-electron chi connectivity index (χ0n) is 14.3. The quantitative estimate of drug-likeness (QED) is 0.802. The van der Waals surface area contributed by atoms with E-state index in [1.165, 1.54) is 6.07 Å². The van der Waals surface area contributed by atoms with Gasteiger partial charge in [0.2, 0.25) is 5.91 Å². The van der Waals surface area contributed by atoms with Crippen LogP contribution in [0.25, 0.3) is 0 Å². The van der Waals surface area contributed by atoms with Crippen molar-refractivity contribution in [2.45, 2.75) is 38.5 Å². The Morgan fingerprint density at radius 3 is 2.92 bits per heavy atom. The second-order valence-electron chi connectivity index (χ2n) is 6.84. The summed E-state index contributed by atoms with van der Waals surface area (Å²) in [6.45, 7) is 4.06. The number of amides is 1. The molecule has 24 heavy (non-hydrogen) atoms. The van der Waals surface area contributed by atoms with E-state index in [0.717, 1.165) is 63.9 Å². The molecule has 2 fully saturated rings. The van der Waals surface area contributed by atoms with Crippen LogP contribution in [0, 0.1) is 11.7 Å². The molecular weight excluding hydrogens is 307 g/mol. The smallest absolute Gasteiger partial charge is 0.223 e. The first kappa shape index (κ1) is 17.4. The predicted molar refractivity (Wildman–Crippen MR) is 90.8 cm³/mol. The summed E-state index contributed by atoms with van der Waals surface area (Å²) in [6.07, 6.45) is 5.46. The second-order valence-corrected chi connectivity index (χ2v) is 6.84. The molecule has 2 saturated heterocycles. The van der Waals surface area contributed by atoms with Gasteiger partial charge in [-0.15, -0.1) is 0 Å². The summed E-state index contributed by atoms with van der Waals surface area (Å²) in [6, 6.07) is 6.99. The summed E-state index contributed by atoms with van der Waals surface area (Å²) in [5.41, 5.74) is 0.784. The zero-order chi connectivity index (χ0) is 16.8. The minimum absolute atomic E-state index is 0.119. The van der Waals surface area contributed by atoms with Crippen molar-refractivity contribution in [3.8, 4) is 0 Å². The van der Waals surface area contributed by atoms with E-state index in [4.69, 9.17) is 4.84 Å². The van der Waals surface area contributed by atoms with Crippen LogP contribution in [0.1, 0.15) is 37.7 Å². The summed E-state index contributed by atoms with van der Waals surface area (Å²) in [4.78, 5) is 19.8. The normalized spacial score (nSPS) is 22.0. The maximum absolute atomic E-state index is 13.7. The Hall–Kier alpha value is -1.46. The van der Waals surface area contributed by atoms with Crippen LogP contribution in [0.5, 0.6) is 0 Å². The third-order valence-electron chi connectivity index (χ3n) is 5.05. The molecular formula is C19H27FN2O2. The van der Waals surface area contributed by atoms with E-state index in [1.807, 2.05) is 22.1 Å². The number of hydrogen-bond donors (Lipinski definition) is 0. The van der Waals surface area contributed by atoms with E-state index < -0.39 is 0 Å². The highest BCUT2D eigenvalue weighted by molar-refractivity contribution is 5.76. The van der Waals surface area contributed by atoms with Crippen molar-refractivity contribution in [1.29, 1.82) is 0 Å². The minimum atomic E-state index is -0.119. The Bertz CT molecular complexity index is 546. The van der Waals surface area contributed by atoms with Crippen LogP contribution in [0.3, 0.4) is 0 Å². The van der Waals surface area contributed by atoms with E-state index in [1.54, 1.807) is 6.07 Å². The number of piperidine rings is 1. The monoisotopic (exact) mass is 334 g/mol. The van der Waals surface area contributed by atoms with E-state index in [-0.39, 0.29) is 11.7 Å². The Kier molecular flexibility index (Phi) is 6.21. The van der Waals surface area contributed by atoms with E-state index in [9.17, 15) is 9.18 Å². The molecule has 1 aromatic rings. The van der Waals surface area contributed by atoms with Crippen molar-refractivity contribution in [2.75, 3.05) is 32.8 Å². The molecule has 0 aromatic heterocycles. The first-order valence-electron chi connectivity index (χ1n) is 9.11. The molecule has 0 saturated carbocycles. The van der Waals surface area contributed by atoms with E-state index in [2.05, 4.69) is 0 Å². The summed E-state index contributed by atoms with van der Waals surface area (Å²) >= 11 is 0. The Morgan fingerprint density at radius 2 is 2.12 bits per heavy atom. The fraction of sp³-hybridized carbons (Fsp3) is 0.632. The average molecular weight is 334 g/mol. The maximum atomic E-state index is 13.7. The summed E-state index contributed by atoms with van der Waals surface area (Å²) < 4.78 is 13.7. The van der Waals surface area contributed by atoms with E-state index in [0.29, 0.717) is 18.9 Å². The molecule has 1 aromatic carbocycles.